The maximum atomic E-state index is 14.4. The molecule has 0 fully saturated rings. The Morgan fingerprint density at radius 2 is 1.18 bits per heavy atom. The summed E-state index contributed by atoms with van der Waals surface area (Å²) in [6, 6.07) is 25.0. The monoisotopic (exact) mass is 746 g/mol. The molecular formula is C42H50N8O5. The number of aromatic amines is 1. The van der Waals surface area contributed by atoms with Crippen molar-refractivity contribution in [3.63, 3.8) is 0 Å². The molecule has 0 unspecified atom stereocenters. The van der Waals surface area contributed by atoms with Gasteiger partial charge in [-0.05, 0) is 66.3 Å². The first-order valence-corrected chi connectivity index (χ1v) is 18.6. The molecule has 0 aliphatic rings. The van der Waals surface area contributed by atoms with Crippen LogP contribution < -0.4 is 38.5 Å². The average molecular weight is 747 g/mol. The van der Waals surface area contributed by atoms with Gasteiger partial charge in [0.05, 0.1) is 6.04 Å². The lowest BCUT2D eigenvalue weighted by atomic mass is 9.99. The van der Waals surface area contributed by atoms with Crippen LogP contribution in [0.15, 0.2) is 103 Å². The van der Waals surface area contributed by atoms with Gasteiger partial charge in [-0.25, -0.2) is 0 Å². The van der Waals surface area contributed by atoms with Crippen LogP contribution in [-0.2, 0) is 43.2 Å². The zero-order valence-corrected chi connectivity index (χ0v) is 30.9. The maximum Gasteiger partial charge on any atom is 0.243 e. The predicted octanol–water partition coefficient (Wildman–Crippen LogP) is 2.25. The lowest BCUT2D eigenvalue weighted by Gasteiger charge is -2.27. The SMILES string of the molecule is C[C@@H](N)C(=O)N[C@H](Cc1ccc2ccccc2c1)C(=O)N[C@@H](Cc1c[nH]c2ccccc12)C(=O)N[C@@H](Cc1ccccc1)C(=O)N[C@@H](CCCCN)C(N)=O. The van der Waals surface area contributed by atoms with Crippen LogP contribution in [-0.4, -0.2) is 71.3 Å². The Morgan fingerprint density at radius 1 is 0.618 bits per heavy atom. The third-order valence-electron chi connectivity index (χ3n) is 9.55. The minimum atomic E-state index is -1.19. The third kappa shape index (κ3) is 11.2. The second-order valence-electron chi connectivity index (χ2n) is 13.9. The molecule has 13 heteroatoms. The van der Waals surface area contributed by atoms with E-state index in [1.54, 1.807) is 6.20 Å². The fourth-order valence-corrected chi connectivity index (χ4v) is 6.50. The molecule has 1 aromatic heterocycles. The zero-order chi connectivity index (χ0) is 39.3. The van der Waals surface area contributed by atoms with Crippen molar-refractivity contribution >= 4 is 51.2 Å². The molecule has 1 heterocycles. The summed E-state index contributed by atoms with van der Waals surface area (Å²) in [7, 11) is 0. The van der Waals surface area contributed by atoms with Crippen molar-refractivity contribution in [2.75, 3.05) is 6.54 Å². The van der Waals surface area contributed by atoms with E-state index in [1.165, 1.54) is 6.92 Å². The molecular weight excluding hydrogens is 697 g/mol. The molecule has 0 aliphatic heterocycles. The first-order chi connectivity index (χ1) is 26.5. The summed E-state index contributed by atoms with van der Waals surface area (Å²) < 4.78 is 0. The summed E-state index contributed by atoms with van der Waals surface area (Å²) >= 11 is 0. The highest BCUT2D eigenvalue weighted by Crippen LogP contribution is 2.20. The summed E-state index contributed by atoms with van der Waals surface area (Å²) in [6.07, 6.45) is 3.53. The number of hydrogen-bond acceptors (Lipinski definition) is 7. The fourth-order valence-electron chi connectivity index (χ4n) is 6.50. The van der Waals surface area contributed by atoms with Crippen LogP contribution in [0.3, 0.4) is 0 Å². The van der Waals surface area contributed by atoms with Crippen molar-refractivity contribution in [1.29, 1.82) is 0 Å². The number of fused-ring (bicyclic) bond motifs is 2. The topological polar surface area (TPSA) is 227 Å². The van der Waals surface area contributed by atoms with E-state index in [0.29, 0.717) is 19.4 Å². The van der Waals surface area contributed by atoms with Gasteiger partial charge in [0.1, 0.15) is 24.2 Å². The molecule has 288 valence electrons. The minimum absolute atomic E-state index is 0.0498. The molecule has 0 bridgehead atoms. The molecule has 55 heavy (non-hydrogen) atoms. The highest BCUT2D eigenvalue weighted by molar-refractivity contribution is 5.96. The Hall–Kier alpha value is -6.05. The minimum Gasteiger partial charge on any atom is -0.368 e. The maximum absolute atomic E-state index is 14.4. The number of benzene rings is 4. The largest absolute Gasteiger partial charge is 0.368 e. The van der Waals surface area contributed by atoms with E-state index in [2.05, 4.69) is 26.3 Å². The van der Waals surface area contributed by atoms with Crippen LogP contribution in [0.25, 0.3) is 21.7 Å². The number of aromatic nitrogens is 1. The summed E-state index contributed by atoms with van der Waals surface area (Å²) in [4.78, 5) is 70.9. The van der Waals surface area contributed by atoms with Crippen molar-refractivity contribution in [2.24, 2.45) is 17.2 Å². The van der Waals surface area contributed by atoms with Gasteiger partial charge in [0.2, 0.25) is 29.5 Å². The van der Waals surface area contributed by atoms with Gasteiger partial charge >= 0.3 is 0 Å². The molecule has 5 aromatic rings. The quantitative estimate of drug-likeness (QED) is 0.0588. The van der Waals surface area contributed by atoms with Crippen molar-refractivity contribution in [2.45, 2.75) is 75.7 Å². The fraction of sp³-hybridized carbons (Fsp3) is 0.310. The highest BCUT2D eigenvalue weighted by atomic mass is 16.2. The first-order valence-electron chi connectivity index (χ1n) is 18.6. The van der Waals surface area contributed by atoms with E-state index in [-0.39, 0.29) is 25.7 Å². The Kier molecular flexibility index (Phi) is 14.1. The van der Waals surface area contributed by atoms with E-state index < -0.39 is 59.7 Å². The normalized spacial score (nSPS) is 13.9. The lowest BCUT2D eigenvalue weighted by molar-refractivity contribution is -0.134. The number of hydrogen-bond donors (Lipinski definition) is 8. The number of H-pyrrole nitrogens is 1. The molecule has 0 saturated heterocycles. The van der Waals surface area contributed by atoms with E-state index in [0.717, 1.165) is 38.4 Å². The van der Waals surface area contributed by atoms with Gasteiger partial charge in [-0.15, -0.1) is 0 Å². The molecule has 5 atom stereocenters. The van der Waals surface area contributed by atoms with E-state index >= 15 is 0 Å². The molecule has 0 aliphatic carbocycles. The second kappa shape index (κ2) is 19.3. The van der Waals surface area contributed by atoms with Gasteiger partial charge in [0.15, 0.2) is 0 Å². The lowest BCUT2D eigenvalue weighted by Crippen LogP contribution is -2.59. The summed E-state index contributed by atoms with van der Waals surface area (Å²) in [5, 5.41) is 14.1. The molecule has 4 aromatic carbocycles. The van der Waals surface area contributed by atoms with Crippen molar-refractivity contribution in [3.8, 4) is 0 Å². The Balaban J connectivity index is 1.44. The van der Waals surface area contributed by atoms with Crippen LogP contribution in [0, 0.1) is 0 Å². The number of nitrogens with two attached hydrogens (primary N) is 3. The van der Waals surface area contributed by atoms with Gasteiger partial charge in [0, 0.05) is 36.4 Å². The van der Waals surface area contributed by atoms with Gasteiger partial charge in [0.25, 0.3) is 0 Å². The van der Waals surface area contributed by atoms with Crippen molar-refractivity contribution < 1.29 is 24.0 Å². The van der Waals surface area contributed by atoms with Gasteiger partial charge < -0.3 is 43.5 Å². The molecule has 13 nitrogen and oxygen atoms in total. The zero-order valence-electron chi connectivity index (χ0n) is 30.9. The van der Waals surface area contributed by atoms with Crippen LogP contribution in [0.4, 0.5) is 0 Å². The number of carbonyl (C=O) groups is 5. The summed E-state index contributed by atoms with van der Waals surface area (Å²) in [5.74, 6) is -3.10. The van der Waals surface area contributed by atoms with Gasteiger partial charge in [-0.3, -0.25) is 24.0 Å². The van der Waals surface area contributed by atoms with Gasteiger partial charge in [-0.1, -0.05) is 91.0 Å². The number of para-hydroxylation sites is 1. The van der Waals surface area contributed by atoms with Crippen molar-refractivity contribution in [1.82, 2.24) is 26.3 Å². The number of primary amides is 1. The van der Waals surface area contributed by atoms with Crippen LogP contribution in [0.1, 0.15) is 42.9 Å². The first kappa shape index (κ1) is 40.1. The average Bonchev–Trinajstić information content (AvgIpc) is 3.59. The number of amides is 5. The highest BCUT2D eigenvalue weighted by Gasteiger charge is 2.32. The third-order valence-corrected chi connectivity index (χ3v) is 9.55. The number of unbranched alkanes of at least 4 members (excludes halogenated alkanes) is 1. The molecule has 5 amide bonds. The summed E-state index contributed by atoms with van der Waals surface area (Å²) in [6.45, 7) is 1.94. The Morgan fingerprint density at radius 3 is 1.84 bits per heavy atom. The van der Waals surface area contributed by atoms with E-state index in [9.17, 15) is 24.0 Å². The molecule has 11 N–H and O–H groups in total. The predicted molar refractivity (Wildman–Crippen MR) is 213 cm³/mol. The second-order valence-corrected chi connectivity index (χ2v) is 13.9. The van der Waals surface area contributed by atoms with Crippen LogP contribution in [0.2, 0.25) is 0 Å². The Labute approximate surface area is 320 Å². The van der Waals surface area contributed by atoms with Gasteiger partial charge in [-0.2, -0.15) is 0 Å². The van der Waals surface area contributed by atoms with Crippen molar-refractivity contribution in [3.05, 3.63) is 120 Å². The standard InChI is InChI=1S/C42H50N8O5/c1-26(44)39(52)48-36(23-28-18-19-29-13-5-6-14-30(29)21-28)41(54)50-37(24-31-25-46-33-16-8-7-15-32(31)33)42(55)49-35(22-27-11-3-2-4-12-27)40(53)47-34(38(45)51)17-9-10-20-43/h2-8,11-16,18-19,21,25-26,34-37,46H,9-10,17,20,22-24,43-44H2,1H3,(H2,45,51)(H,47,53)(H,48,52)(H,49,55)(H,50,54)/t26-,34+,35+,36-,37+/m1/s1. The Bertz CT molecular complexity index is 2100. The molecule has 0 saturated carbocycles. The molecule has 5 rings (SSSR count). The van der Waals surface area contributed by atoms with Crippen LogP contribution >= 0.6 is 0 Å². The van der Waals surface area contributed by atoms with E-state index in [4.69, 9.17) is 17.2 Å². The smallest absolute Gasteiger partial charge is 0.243 e. The number of rotatable bonds is 19. The molecule has 0 spiro atoms. The van der Waals surface area contributed by atoms with E-state index in [1.807, 2.05) is 97.1 Å². The summed E-state index contributed by atoms with van der Waals surface area (Å²) in [5.41, 5.74) is 20.3. The number of nitrogens with one attached hydrogen (secondary N) is 5. The molecule has 0 radical (unpaired) electrons. The van der Waals surface area contributed by atoms with Crippen LogP contribution in [0.5, 0.6) is 0 Å². The number of carbonyl (C=O) groups excluding carboxylic acids is 5.